The first-order valence-corrected chi connectivity index (χ1v) is 7.01. The van der Waals surface area contributed by atoms with E-state index in [1.807, 2.05) is 11.8 Å². The molecular weight excluding hydrogens is 226 g/mol. The molecule has 0 atom stereocenters. The van der Waals surface area contributed by atoms with Crippen LogP contribution in [0.5, 0.6) is 0 Å². The molecule has 0 unspecified atom stereocenters. The highest BCUT2D eigenvalue weighted by Gasteiger charge is 2.25. The summed E-state index contributed by atoms with van der Waals surface area (Å²) in [5, 5.41) is 1.38. The van der Waals surface area contributed by atoms with Crippen LogP contribution in [0.3, 0.4) is 0 Å². The summed E-state index contributed by atoms with van der Waals surface area (Å²) in [6, 6.07) is 6.72. The molecule has 1 aromatic carbocycles. The minimum Gasteiger partial charge on any atom is -0.336 e. The molecule has 1 nitrogen and oxygen atoms in total. The quantitative estimate of drug-likeness (QED) is 0.700. The Morgan fingerprint density at radius 2 is 2.00 bits per heavy atom. The predicted molar refractivity (Wildman–Crippen MR) is 77.6 cm³/mol. The maximum atomic E-state index is 2.41. The number of rotatable bonds is 1. The first-order chi connectivity index (χ1) is 7.90. The van der Waals surface area contributed by atoms with Crippen LogP contribution in [0.1, 0.15) is 33.3 Å². The van der Waals surface area contributed by atoms with Gasteiger partial charge in [0.1, 0.15) is 0 Å². The van der Waals surface area contributed by atoms with Gasteiger partial charge in [-0.15, -0.1) is 0 Å². The number of anilines is 1. The molecule has 2 heteroatoms. The van der Waals surface area contributed by atoms with Crippen molar-refractivity contribution in [3.05, 3.63) is 34.9 Å². The van der Waals surface area contributed by atoms with E-state index in [-0.39, 0.29) is 5.41 Å². The van der Waals surface area contributed by atoms with E-state index in [1.165, 1.54) is 21.2 Å². The van der Waals surface area contributed by atoms with Gasteiger partial charge in [-0.2, -0.15) is 0 Å². The van der Waals surface area contributed by atoms with Crippen LogP contribution in [0.4, 0.5) is 5.69 Å². The average molecular weight is 247 g/mol. The summed E-state index contributed by atoms with van der Waals surface area (Å²) in [7, 11) is 0. The Kier molecular flexibility index (Phi) is 3.26. The second-order valence-electron chi connectivity index (χ2n) is 5.67. The molecule has 0 aromatic heterocycles. The summed E-state index contributed by atoms with van der Waals surface area (Å²) in [6.07, 6.45) is 2.37. The molecule has 0 amide bonds. The highest BCUT2D eigenvalue weighted by Crippen LogP contribution is 2.47. The van der Waals surface area contributed by atoms with Crippen LogP contribution in [0.2, 0.25) is 0 Å². The average Bonchev–Trinajstić information content (AvgIpc) is 2.51. The standard InChI is InChI=1S/C15H21NS/c1-6-16-12-8-7-11(2)9-13(12)17-14(16)10-15(3,4)5/h7-10H,6H2,1-5H3/b14-10-. The van der Waals surface area contributed by atoms with Crippen molar-refractivity contribution in [2.75, 3.05) is 11.4 Å². The van der Waals surface area contributed by atoms with Crippen molar-refractivity contribution in [1.29, 1.82) is 0 Å². The predicted octanol–water partition coefficient (Wildman–Crippen LogP) is 4.81. The zero-order chi connectivity index (χ0) is 12.6. The lowest BCUT2D eigenvalue weighted by atomic mass is 9.97. The minimum absolute atomic E-state index is 0.229. The summed E-state index contributed by atoms with van der Waals surface area (Å²) in [5.41, 5.74) is 2.93. The van der Waals surface area contributed by atoms with Gasteiger partial charge in [-0.1, -0.05) is 38.6 Å². The summed E-state index contributed by atoms with van der Waals surface area (Å²) in [6.45, 7) is 12.2. The monoisotopic (exact) mass is 247 g/mol. The molecule has 1 aromatic rings. The molecule has 0 spiro atoms. The van der Waals surface area contributed by atoms with E-state index in [2.05, 4.69) is 63.8 Å². The largest absolute Gasteiger partial charge is 0.336 e. The number of hydrogen-bond donors (Lipinski definition) is 0. The molecule has 1 heterocycles. The van der Waals surface area contributed by atoms with Crippen molar-refractivity contribution in [2.45, 2.75) is 39.5 Å². The van der Waals surface area contributed by atoms with Crippen molar-refractivity contribution >= 4 is 17.4 Å². The van der Waals surface area contributed by atoms with Crippen molar-refractivity contribution < 1.29 is 0 Å². The summed E-state index contributed by atoms with van der Waals surface area (Å²) >= 11 is 1.90. The molecule has 1 aliphatic heterocycles. The summed E-state index contributed by atoms with van der Waals surface area (Å²) in [4.78, 5) is 3.80. The van der Waals surface area contributed by atoms with Crippen LogP contribution < -0.4 is 4.90 Å². The van der Waals surface area contributed by atoms with E-state index in [0.717, 1.165) is 6.54 Å². The molecule has 0 fully saturated rings. The van der Waals surface area contributed by atoms with Gasteiger partial charge in [0.05, 0.1) is 10.7 Å². The van der Waals surface area contributed by atoms with Crippen LogP contribution >= 0.6 is 11.8 Å². The Morgan fingerprint density at radius 1 is 1.29 bits per heavy atom. The number of benzene rings is 1. The number of allylic oxidation sites excluding steroid dienone is 1. The number of hydrogen-bond acceptors (Lipinski definition) is 2. The molecule has 1 aliphatic rings. The number of thioether (sulfide) groups is 1. The molecular formula is C15H21NS. The Balaban J connectivity index is 2.41. The molecule has 0 saturated heterocycles. The zero-order valence-corrected chi connectivity index (χ0v) is 12.2. The molecule has 2 rings (SSSR count). The normalized spacial score (nSPS) is 17.7. The second-order valence-corrected chi connectivity index (χ2v) is 6.73. The van der Waals surface area contributed by atoms with E-state index in [9.17, 15) is 0 Å². The first-order valence-electron chi connectivity index (χ1n) is 6.19. The topological polar surface area (TPSA) is 3.24 Å². The lowest BCUT2D eigenvalue weighted by Gasteiger charge is -2.21. The third kappa shape index (κ3) is 2.68. The SMILES string of the molecule is CCN1/C(=C/C(C)(C)C)Sc2cc(C)ccc21. The molecule has 0 N–H and O–H groups in total. The van der Waals surface area contributed by atoms with Crippen molar-refractivity contribution in [3.8, 4) is 0 Å². The Bertz CT molecular complexity index is 454. The molecule has 0 radical (unpaired) electrons. The first kappa shape index (κ1) is 12.6. The van der Waals surface area contributed by atoms with Crippen LogP contribution in [0.15, 0.2) is 34.2 Å². The lowest BCUT2D eigenvalue weighted by Crippen LogP contribution is -2.18. The maximum absolute atomic E-state index is 2.41. The molecule has 0 aliphatic carbocycles. The summed E-state index contributed by atoms with van der Waals surface area (Å²) in [5.74, 6) is 0. The number of nitrogens with zero attached hydrogens (tertiary/aromatic N) is 1. The fraction of sp³-hybridized carbons (Fsp3) is 0.467. The van der Waals surface area contributed by atoms with Crippen LogP contribution in [0, 0.1) is 12.3 Å². The van der Waals surface area contributed by atoms with Gasteiger partial charge in [0.2, 0.25) is 0 Å². The minimum atomic E-state index is 0.229. The van der Waals surface area contributed by atoms with E-state index >= 15 is 0 Å². The van der Waals surface area contributed by atoms with Crippen LogP contribution in [0.25, 0.3) is 0 Å². The van der Waals surface area contributed by atoms with Crippen LogP contribution in [-0.2, 0) is 0 Å². The van der Waals surface area contributed by atoms with Gasteiger partial charge in [0, 0.05) is 11.4 Å². The lowest BCUT2D eigenvalue weighted by molar-refractivity contribution is 0.541. The third-order valence-electron chi connectivity index (χ3n) is 2.76. The molecule has 0 saturated carbocycles. The van der Waals surface area contributed by atoms with Gasteiger partial charge in [0.15, 0.2) is 0 Å². The highest BCUT2D eigenvalue weighted by atomic mass is 32.2. The fourth-order valence-corrected chi connectivity index (χ4v) is 3.52. The van der Waals surface area contributed by atoms with Gasteiger partial charge < -0.3 is 4.90 Å². The fourth-order valence-electron chi connectivity index (χ4n) is 2.02. The maximum Gasteiger partial charge on any atom is 0.0766 e. The van der Waals surface area contributed by atoms with Crippen molar-refractivity contribution in [1.82, 2.24) is 0 Å². The van der Waals surface area contributed by atoms with Gasteiger partial charge in [0.25, 0.3) is 0 Å². The second kappa shape index (κ2) is 4.41. The van der Waals surface area contributed by atoms with Crippen LogP contribution in [-0.4, -0.2) is 6.54 Å². The number of aryl methyl sites for hydroxylation is 1. The van der Waals surface area contributed by atoms with Crippen molar-refractivity contribution in [2.24, 2.45) is 5.41 Å². The highest BCUT2D eigenvalue weighted by molar-refractivity contribution is 8.03. The van der Waals surface area contributed by atoms with Crippen molar-refractivity contribution in [3.63, 3.8) is 0 Å². The van der Waals surface area contributed by atoms with Gasteiger partial charge in [-0.05, 0) is 43.0 Å². The molecule has 92 valence electrons. The van der Waals surface area contributed by atoms with E-state index in [0.29, 0.717) is 0 Å². The summed E-state index contributed by atoms with van der Waals surface area (Å²) < 4.78 is 0. The smallest absolute Gasteiger partial charge is 0.0766 e. The van der Waals surface area contributed by atoms with E-state index < -0.39 is 0 Å². The van der Waals surface area contributed by atoms with E-state index in [1.54, 1.807) is 0 Å². The molecule has 17 heavy (non-hydrogen) atoms. The Hall–Kier alpha value is -0.890. The zero-order valence-electron chi connectivity index (χ0n) is 11.4. The van der Waals surface area contributed by atoms with Gasteiger partial charge in [-0.3, -0.25) is 0 Å². The van der Waals surface area contributed by atoms with E-state index in [4.69, 9.17) is 0 Å². The number of fused-ring (bicyclic) bond motifs is 1. The van der Waals surface area contributed by atoms with Gasteiger partial charge >= 0.3 is 0 Å². The van der Waals surface area contributed by atoms with Gasteiger partial charge in [-0.25, -0.2) is 0 Å². The molecule has 0 bridgehead atoms. The Labute approximate surface area is 109 Å². The third-order valence-corrected chi connectivity index (χ3v) is 3.85. The Morgan fingerprint density at radius 3 is 2.59 bits per heavy atom.